The fourth-order valence-electron chi connectivity index (χ4n) is 3.42. The highest BCUT2D eigenvalue weighted by Gasteiger charge is 2.66. The van der Waals surface area contributed by atoms with Crippen LogP contribution in [0.4, 0.5) is 0 Å². The minimum absolute atomic E-state index is 0.105. The number of hydrogen-bond acceptors (Lipinski definition) is 5. The lowest BCUT2D eigenvalue weighted by Gasteiger charge is -2.58. The van der Waals surface area contributed by atoms with E-state index in [-0.39, 0.29) is 18.3 Å². The first-order chi connectivity index (χ1) is 11.2. The number of amides is 1. The topological polar surface area (TPSA) is 102 Å². The van der Waals surface area contributed by atoms with Crippen LogP contribution in [0.1, 0.15) is 68.1 Å². The predicted molar refractivity (Wildman–Crippen MR) is 84.9 cm³/mol. The van der Waals surface area contributed by atoms with E-state index in [0.29, 0.717) is 24.1 Å². The predicted octanol–water partition coefficient (Wildman–Crippen LogP) is 2.25. The van der Waals surface area contributed by atoms with E-state index in [0.717, 1.165) is 12.8 Å². The first kappa shape index (κ1) is 17.0. The average molecular weight is 336 g/mol. The van der Waals surface area contributed by atoms with Gasteiger partial charge in [0.25, 0.3) is 5.91 Å². The van der Waals surface area contributed by atoms with Crippen molar-refractivity contribution in [2.24, 2.45) is 5.41 Å². The Morgan fingerprint density at radius 2 is 2.08 bits per heavy atom. The maximum atomic E-state index is 12.6. The molecule has 0 spiro atoms. The molecule has 1 heterocycles. The molecule has 2 aliphatic carbocycles. The molecular formula is C17H24N2O5. The van der Waals surface area contributed by atoms with E-state index >= 15 is 0 Å². The Kier molecular flexibility index (Phi) is 3.94. The molecule has 1 aromatic heterocycles. The van der Waals surface area contributed by atoms with Crippen LogP contribution in [0.3, 0.4) is 0 Å². The standard InChI is InChI=1S/C17H24N2O5/c1-5-23-11-8-17(15(21)22,16(11,3)4)19-13(20)12-9(2)18-14(24-12)10-6-7-10/h10-11H,5-8H2,1-4H3,(H,19,20)(H,21,22)/t11-,17+/m0/s1. The normalized spacial score (nSPS) is 28.2. The molecule has 7 nitrogen and oxygen atoms in total. The number of carbonyl (C=O) groups excluding carboxylic acids is 1. The number of carboxylic acids is 1. The highest BCUT2D eigenvalue weighted by atomic mass is 16.5. The minimum atomic E-state index is -1.37. The lowest BCUT2D eigenvalue weighted by Crippen LogP contribution is -2.76. The number of ether oxygens (including phenoxy) is 1. The lowest BCUT2D eigenvalue weighted by atomic mass is 9.54. The number of carboxylic acid groups (broad SMARTS) is 1. The number of hydrogen-bond donors (Lipinski definition) is 2. The van der Waals surface area contributed by atoms with Crippen LogP contribution in [0.2, 0.25) is 0 Å². The van der Waals surface area contributed by atoms with E-state index < -0.39 is 22.8 Å². The molecule has 24 heavy (non-hydrogen) atoms. The van der Waals surface area contributed by atoms with Crippen LogP contribution in [0.25, 0.3) is 0 Å². The Hall–Kier alpha value is -1.89. The van der Waals surface area contributed by atoms with Crippen molar-refractivity contribution >= 4 is 11.9 Å². The van der Waals surface area contributed by atoms with Crippen LogP contribution in [-0.2, 0) is 9.53 Å². The fourth-order valence-corrected chi connectivity index (χ4v) is 3.42. The summed E-state index contributed by atoms with van der Waals surface area (Å²) in [5.41, 5.74) is -1.60. The fraction of sp³-hybridized carbons (Fsp3) is 0.706. The zero-order valence-electron chi connectivity index (χ0n) is 14.5. The van der Waals surface area contributed by atoms with Gasteiger partial charge >= 0.3 is 5.97 Å². The summed E-state index contributed by atoms with van der Waals surface area (Å²) in [5, 5.41) is 12.4. The van der Waals surface area contributed by atoms with Crippen molar-refractivity contribution in [3.63, 3.8) is 0 Å². The van der Waals surface area contributed by atoms with E-state index in [1.54, 1.807) is 20.8 Å². The van der Waals surface area contributed by atoms with Gasteiger partial charge in [-0.05, 0) is 26.7 Å². The monoisotopic (exact) mass is 336 g/mol. The summed E-state index contributed by atoms with van der Waals surface area (Å²) in [6.07, 6.45) is 2.06. The molecule has 2 atom stereocenters. The van der Waals surface area contributed by atoms with Crippen molar-refractivity contribution in [1.82, 2.24) is 10.3 Å². The number of nitrogens with one attached hydrogen (secondary N) is 1. The molecule has 0 unspecified atom stereocenters. The van der Waals surface area contributed by atoms with Gasteiger partial charge in [-0.1, -0.05) is 13.8 Å². The Morgan fingerprint density at radius 3 is 2.58 bits per heavy atom. The minimum Gasteiger partial charge on any atom is -0.479 e. The number of aliphatic carboxylic acids is 1. The molecule has 0 aromatic carbocycles. The third-order valence-electron chi connectivity index (χ3n) is 5.40. The Labute approximate surface area is 140 Å². The molecule has 2 saturated carbocycles. The van der Waals surface area contributed by atoms with Crippen molar-refractivity contribution < 1.29 is 23.8 Å². The molecule has 1 aromatic rings. The summed E-state index contributed by atoms with van der Waals surface area (Å²) in [4.78, 5) is 28.9. The van der Waals surface area contributed by atoms with Gasteiger partial charge in [-0.2, -0.15) is 0 Å². The van der Waals surface area contributed by atoms with Crippen LogP contribution in [0.5, 0.6) is 0 Å². The number of aryl methyl sites for hydroxylation is 1. The van der Waals surface area contributed by atoms with Gasteiger partial charge in [0.1, 0.15) is 5.54 Å². The van der Waals surface area contributed by atoms with Gasteiger partial charge in [-0.15, -0.1) is 0 Å². The van der Waals surface area contributed by atoms with E-state index in [9.17, 15) is 14.7 Å². The third-order valence-corrected chi connectivity index (χ3v) is 5.40. The SMILES string of the molecule is CCO[C@H]1C[C@@](NC(=O)c2oc(C3CC3)nc2C)(C(=O)O)C1(C)C. The number of carbonyl (C=O) groups is 2. The Balaban J connectivity index is 1.82. The maximum absolute atomic E-state index is 12.6. The Bertz CT molecular complexity index is 677. The van der Waals surface area contributed by atoms with Gasteiger partial charge in [0, 0.05) is 24.4 Å². The van der Waals surface area contributed by atoms with Gasteiger partial charge in [0.15, 0.2) is 5.89 Å². The quantitative estimate of drug-likeness (QED) is 0.826. The highest BCUT2D eigenvalue weighted by molar-refractivity contribution is 5.97. The van der Waals surface area contributed by atoms with Crippen molar-refractivity contribution in [3.8, 4) is 0 Å². The van der Waals surface area contributed by atoms with Crippen molar-refractivity contribution in [3.05, 3.63) is 17.3 Å². The second-order valence-electron chi connectivity index (χ2n) is 7.28. The molecule has 0 aliphatic heterocycles. The van der Waals surface area contributed by atoms with Crippen molar-refractivity contribution in [2.75, 3.05) is 6.61 Å². The smallest absolute Gasteiger partial charge is 0.330 e. The van der Waals surface area contributed by atoms with Gasteiger partial charge < -0.3 is 19.6 Å². The molecule has 0 bridgehead atoms. The van der Waals surface area contributed by atoms with Gasteiger partial charge in [-0.25, -0.2) is 9.78 Å². The van der Waals surface area contributed by atoms with Crippen LogP contribution in [0, 0.1) is 12.3 Å². The molecule has 7 heteroatoms. The molecule has 2 N–H and O–H groups in total. The largest absolute Gasteiger partial charge is 0.479 e. The van der Waals surface area contributed by atoms with E-state index in [4.69, 9.17) is 9.15 Å². The van der Waals surface area contributed by atoms with Crippen molar-refractivity contribution in [1.29, 1.82) is 0 Å². The van der Waals surface area contributed by atoms with Crippen LogP contribution < -0.4 is 5.32 Å². The molecule has 2 aliphatic rings. The number of nitrogens with zero attached hydrogens (tertiary/aromatic N) is 1. The molecule has 0 radical (unpaired) electrons. The second kappa shape index (κ2) is 5.58. The van der Waals surface area contributed by atoms with E-state index in [2.05, 4.69) is 10.3 Å². The summed E-state index contributed by atoms with van der Waals surface area (Å²) in [6.45, 7) is 7.67. The lowest BCUT2D eigenvalue weighted by molar-refractivity contribution is -0.190. The molecule has 1 amide bonds. The summed E-state index contributed by atoms with van der Waals surface area (Å²) < 4.78 is 11.2. The highest BCUT2D eigenvalue weighted by Crippen LogP contribution is 2.51. The average Bonchev–Trinajstić information content (AvgIpc) is 3.28. The van der Waals surface area contributed by atoms with Crippen molar-refractivity contribution in [2.45, 2.75) is 64.5 Å². The van der Waals surface area contributed by atoms with Gasteiger partial charge in [0.2, 0.25) is 5.76 Å². The molecule has 3 rings (SSSR count). The van der Waals surface area contributed by atoms with E-state index in [1.807, 2.05) is 6.92 Å². The van der Waals surface area contributed by atoms with Gasteiger partial charge in [-0.3, -0.25) is 4.79 Å². The third kappa shape index (κ3) is 2.42. The zero-order valence-corrected chi connectivity index (χ0v) is 14.5. The Morgan fingerprint density at radius 1 is 1.42 bits per heavy atom. The second-order valence-corrected chi connectivity index (χ2v) is 7.28. The number of rotatable bonds is 6. The summed E-state index contributed by atoms with van der Waals surface area (Å²) in [6, 6.07) is 0. The number of oxazole rings is 1. The summed E-state index contributed by atoms with van der Waals surface area (Å²) >= 11 is 0. The first-order valence-corrected chi connectivity index (χ1v) is 8.37. The summed E-state index contributed by atoms with van der Waals surface area (Å²) in [5.74, 6) is -0.620. The summed E-state index contributed by atoms with van der Waals surface area (Å²) in [7, 11) is 0. The van der Waals surface area contributed by atoms with Gasteiger partial charge in [0.05, 0.1) is 11.8 Å². The van der Waals surface area contributed by atoms with Crippen LogP contribution in [0.15, 0.2) is 4.42 Å². The van der Waals surface area contributed by atoms with Crippen LogP contribution in [-0.4, -0.2) is 40.2 Å². The van der Waals surface area contributed by atoms with Crippen LogP contribution >= 0.6 is 0 Å². The molecule has 132 valence electrons. The molecule has 2 fully saturated rings. The van der Waals surface area contributed by atoms with E-state index in [1.165, 1.54) is 0 Å². The first-order valence-electron chi connectivity index (χ1n) is 8.37. The maximum Gasteiger partial charge on any atom is 0.330 e. The molecular weight excluding hydrogens is 312 g/mol. The zero-order chi connectivity index (χ0) is 17.7. The molecule has 0 saturated heterocycles. The number of aromatic nitrogens is 1.